The average Bonchev–Trinajstić information content (AvgIpc) is 2.28. The number of sulfonamides is 1. The summed E-state index contributed by atoms with van der Waals surface area (Å²) in [7, 11) is -3.60. The van der Waals surface area contributed by atoms with Gasteiger partial charge in [-0.2, -0.15) is 11.8 Å². The molecule has 0 saturated heterocycles. The first kappa shape index (κ1) is 14.3. The molecule has 0 fully saturated rings. The lowest BCUT2D eigenvalue weighted by Gasteiger charge is -2.17. The van der Waals surface area contributed by atoms with Gasteiger partial charge in [-0.15, -0.1) is 0 Å². The second-order valence-corrected chi connectivity index (χ2v) is 6.25. The van der Waals surface area contributed by atoms with Crippen LogP contribution in [-0.2, 0) is 10.0 Å². The minimum Gasteiger partial charge on any atom is -0.381 e. The molecular formula is C11H18N2O2S2. The number of benzene rings is 1. The highest BCUT2D eigenvalue weighted by Gasteiger charge is 2.08. The topological polar surface area (TPSA) is 72.2 Å². The maximum absolute atomic E-state index is 11.1. The fourth-order valence-corrected chi connectivity index (χ4v) is 2.68. The molecule has 1 unspecified atom stereocenters. The Morgan fingerprint density at radius 2 is 1.94 bits per heavy atom. The minimum atomic E-state index is -3.60. The van der Waals surface area contributed by atoms with E-state index in [1.165, 1.54) is 12.1 Å². The van der Waals surface area contributed by atoms with Gasteiger partial charge in [-0.05, 0) is 36.9 Å². The third-order valence-corrected chi connectivity index (χ3v) is 4.08. The zero-order valence-electron chi connectivity index (χ0n) is 10.0. The van der Waals surface area contributed by atoms with E-state index in [0.29, 0.717) is 6.04 Å². The molecule has 1 rings (SSSR count). The van der Waals surface area contributed by atoms with Gasteiger partial charge in [-0.3, -0.25) is 0 Å². The second-order valence-electron chi connectivity index (χ2n) is 3.77. The monoisotopic (exact) mass is 274 g/mol. The van der Waals surface area contributed by atoms with Gasteiger partial charge in [0.1, 0.15) is 0 Å². The molecule has 1 aromatic rings. The van der Waals surface area contributed by atoms with Crippen molar-refractivity contribution >= 4 is 27.5 Å². The molecule has 96 valence electrons. The van der Waals surface area contributed by atoms with Crippen molar-refractivity contribution < 1.29 is 8.42 Å². The van der Waals surface area contributed by atoms with Gasteiger partial charge in [-0.1, -0.05) is 6.92 Å². The van der Waals surface area contributed by atoms with Crippen molar-refractivity contribution in [2.24, 2.45) is 5.14 Å². The number of primary sulfonamides is 1. The Hall–Kier alpha value is -0.720. The van der Waals surface area contributed by atoms with Crippen LogP contribution < -0.4 is 10.5 Å². The van der Waals surface area contributed by atoms with Gasteiger partial charge in [0.05, 0.1) is 4.90 Å². The van der Waals surface area contributed by atoms with Crippen LogP contribution in [0.5, 0.6) is 0 Å². The Morgan fingerprint density at radius 3 is 2.35 bits per heavy atom. The summed E-state index contributed by atoms with van der Waals surface area (Å²) in [5.74, 6) is 1.02. The molecule has 0 spiro atoms. The molecular weight excluding hydrogens is 256 g/mol. The lowest BCUT2D eigenvalue weighted by Crippen LogP contribution is -2.21. The van der Waals surface area contributed by atoms with E-state index >= 15 is 0 Å². The van der Waals surface area contributed by atoms with Crippen LogP contribution in [0.15, 0.2) is 29.2 Å². The summed E-state index contributed by atoms with van der Waals surface area (Å²) in [5, 5.41) is 8.38. The molecule has 4 nitrogen and oxygen atoms in total. The summed E-state index contributed by atoms with van der Waals surface area (Å²) >= 11 is 1.78. The van der Waals surface area contributed by atoms with Gasteiger partial charge in [-0.25, -0.2) is 13.6 Å². The van der Waals surface area contributed by atoms with E-state index in [4.69, 9.17) is 5.14 Å². The third-order valence-electron chi connectivity index (χ3n) is 2.41. The molecule has 0 aliphatic carbocycles. The summed E-state index contributed by atoms with van der Waals surface area (Å²) in [6.07, 6.45) is 3.09. The maximum Gasteiger partial charge on any atom is 0.238 e. The van der Waals surface area contributed by atoms with Crippen LogP contribution in [0.3, 0.4) is 0 Å². The van der Waals surface area contributed by atoms with Gasteiger partial charge < -0.3 is 5.32 Å². The van der Waals surface area contributed by atoms with Crippen molar-refractivity contribution in [3.05, 3.63) is 24.3 Å². The van der Waals surface area contributed by atoms with Crippen molar-refractivity contribution in [2.45, 2.75) is 24.3 Å². The number of nitrogens with one attached hydrogen (secondary N) is 1. The van der Waals surface area contributed by atoms with E-state index in [1.54, 1.807) is 23.9 Å². The molecule has 17 heavy (non-hydrogen) atoms. The normalized spacial score (nSPS) is 13.4. The van der Waals surface area contributed by atoms with E-state index in [1.807, 2.05) is 0 Å². The van der Waals surface area contributed by atoms with E-state index in [-0.39, 0.29) is 4.90 Å². The van der Waals surface area contributed by atoms with Crippen LogP contribution in [0.2, 0.25) is 0 Å². The summed E-state index contributed by atoms with van der Waals surface area (Å²) in [5.41, 5.74) is 0.915. The van der Waals surface area contributed by atoms with Crippen molar-refractivity contribution in [3.63, 3.8) is 0 Å². The van der Waals surface area contributed by atoms with Crippen LogP contribution in [0.1, 0.15) is 13.3 Å². The third kappa shape index (κ3) is 4.57. The van der Waals surface area contributed by atoms with E-state index in [2.05, 4.69) is 18.5 Å². The fraction of sp³-hybridized carbons (Fsp3) is 0.455. The van der Waals surface area contributed by atoms with Crippen LogP contribution in [-0.4, -0.2) is 26.5 Å². The van der Waals surface area contributed by atoms with Crippen molar-refractivity contribution in [1.82, 2.24) is 0 Å². The Bertz CT molecular complexity index is 443. The number of rotatable bonds is 6. The Balaban J connectivity index is 2.74. The van der Waals surface area contributed by atoms with Crippen LogP contribution >= 0.6 is 11.8 Å². The van der Waals surface area contributed by atoms with Crippen LogP contribution in [0.4, 0.5) is 5.69 Å². The largest absolute Gasteiger partial charge is 0.381 e. The zero-order valence-corrected chi connectivity index (χ0v) is 11.6. The van der Waals surface area contributed by atoms with Gasteiger partial charge in [0, 0.05) is 17.5 Å². The average molecular weight is 274 g/mol. The molecule has 0 bridgehead atoms. The Kier molecular flexibility index (Phi) is 5.30. The van der Waals surface area contributed by atoms with E-state index in [0.717, 1.165) is 17.9 Å². The van der Waals surface area contributed by atoms with E-state index in [9.17, 15) is 8.42 Å². The first-order chi connectivity index (χ1) is 7.97. The highest BCUT2D eigenvalue weighted by molar-refractivity contribution is 7.98. The van der Waals surface area contributed by atoms with Gasteiger partial charge >= 0.3 is 0 Å². The molecule has 6 heteroatoms. The quantitative estimate of drug-likeness (QED) is 0.831. The highest BCUT2D eigenvalue weighted by Crippen LogP contribution is 2.15. The number of anilines is 1. The molecule has 0 aromatic heterocycles. The van der Waals surface area contributed by atoms with Crippen molar-refractivity contribution in [1.29, 1.82) is 0 Å². The number of thioether (sulfide) groups is 1. The number of hydrogen-bond acceptors (Lipinski definition) is 4. The molecule has 1 atom stereocenters. The summed E-state index contributed by atoms with van der Waals surface area (Å²) < 4.78 is 22.2. The molecule has 3 N–H and O–H groups in total. The molecule has 0 aliphatic rings. The summed E-state index contributed by atoms with van der Waals surface area (Å²) in [6, 6.07) is 6.91. The molecule has 0 amide bonds. The maximum atomic E-state index is 11.1. The first-order valence-corrected chi connectivity index (χ1v) is 8.29. The second kappa shape index (κ2) is 6.28. The molecule has 1 aromatic carbocycles. The predicted octanol–water partition coefficient (Wildman–Crippen LogP) is 1.89. The van der Waals surface area contributed by atoms with Gasteiger partial charge in [0.2, 0.25) is 10.0 Å². The molecule has 0 heterocycles. The van der Waals surface area contributed by atoms with E-state index < -0.39 is 10.0 Å². The smallest absolute Gasteiger partial charge is 0.238 e. The molecule has 0 aliphatic heterocycles. The minimum absolute atomic E-state index is 0.140. The Labute approximate surface area is 107 Å². The first-order valence-electron chi connectivity index (χ1n) is 5.35. The van der Waals surface area contributed by atoms with Gasteiger partial charge in [0.15, 0.2) is 0 Å². The highest BCUT2D eigenvalue weighted by atomic mass is 32.2. The summed E-state index contributed by atoms with van der Waals surface area (Å²) in [6.45, 7) is 2.12. The Morgan fingerprint density at radius 1 is 1.35 bits per heavy atom. The number of hydrogen-bond donors (Lipinski definition) is 2. The van der Waals surface area contributed by atoms with Crippen LogP contribution in [0.25, 0.3) is 0 Å². The standard InChI is InChI=1S/C11H18N2O2S2/c1-3-9(8-16-2)13-10-4-6-11(7-5-10)17(12,14)15/h4-7,9,13H,3,8H2,1-2H3,(H2,12,14,15). The molecule has 0 saturated carbocycles. The van der Waals surface area contributed by atoms with Crippen LogP contribution in [0, 0.1) is 0 Å². The zero-order chi connectivity index (χ0) is 12.9. The fourth-order valence-electron chi connectivity index (χ4n) is 1.44. The molecule has 0 radical (unpaired) electrons. The number of nitrogens with two attached hydrogens (primary N) is 1. The van der Waals surface area contributed by atoms with Crippen molar-refractivity contribution in [2.75, 3.05) is 17.3 Å². The predicted molar refractivity (Wildman–Crippen MR) is 73.9 cm³/mol. The SMILES string of the molecule is CCC(CSC)Nc1ccc(S(N)(=O)=O)cc1. The summed E-state index contributed by atoms with van der Waals surface area (Å²) in [4.78, 5) is 0.140. The lowest BCUT2D eigenvalue weighted by molar-refractivity contribution is 0.598. The van der Waals surface area contributed by atoms with Crippen molar-refractivity contribution in [3.8, 4) is 0 Å². The van der Waals surface area contributed by atoms with Gasteiger partial charge in [0.25, 0.3) is 0 Å². The lowest BCUT2D eigenvalue weighted by atomic mass is 10.2.